The van der Waals surface area contributed by atoms with Gasteiger partial charge in [0, 0.05) is 10.9 Å². The summed E-state index contributed by atoms with van der Waals surface area (Å²) in [6.07, 6.45) is 6.40. The number of hydrogen-bond donors (Lipinski definition) is 1. The number of nitrogens with zero attached hydrogens (tertiary/aromatic N) is 2. The summed E-state index contributed by atoms with van der Waals surface area (Å²) in [4.78, 5) is 33.2. The molecule has 1 aromatic carbocycles. The van der Waals surface area contributed by atoms with Gasteiger partial charge in [0.1, 0.15) is 4.83 Å². The largest absolute Gasteiger partial charge is 0.352 e. The second-order valence-electron chi connectivity index (χ2n) is 7.80. The van der Waals surface area contributed by atoms with Crippen molar-refractivity contribution in [1.29, 1.82) is 0 Å². The van der Waals surface area contributed by atoms with Crippen LogP contribution in [0.1, 0.15) is 43.0 Å². The molecule has 0 saturated heterocycles. The number of nitrogens with one attached hydrogen (secondary N) is 1. The Morgan fingerprint density at radius 3 is 2.76 bits per heavy atom. The summed E-state index contributed by atoms with van der Waals surface area (Å²) in [7, 11) is 0. The lowest BCUT2D eigenvalue weighted by Crippen LogP contribution is -2.33. The van der Waals surface area contributed by atoms with E-state index in [1.165, 1.54) is 28.6 Å². The van der Waals surface area contributed by atoms with Gasteiger partial charge in [-0.1, -0.05) is 30.0 Å². The van der Waals surface area contributed by atoms with Crippen LogP contribution < -0.4 is 10.9 Å². The van der Waals surface area contributed by atoms with Gasteiger partial charge in [-0.15, -0.1) is 11.3 Å². The molecule has 5 nitrogen and oxygen atoms in total. The van der Waals surface area contributed by atoms with Crippen LogP contribution in [0.3, 0.4) is 0 Å². The lowest BCUT2D eigenvalue weighted by molar-refractivity contribution is -0.120. The van der Waals surface area contributed by atoms with Crippen LogP contribution in [0.15, 0.2) is 40.3 Å². The van der Waals surface area contributed by atoms with Crippen molar-refractivity contribution in [3.05, 3.63) is 51.1 Å². The van der Waals surface area contributed by atoms with E-state index in [1.807, 2.05) is 37.3 Å². The maximum Gasteiger partial charge on any atom is 0.267 e. The van der Waals surface area contributed by atoms with Crippen molar-refractivity contribution >= 4 is 39.2 Å². The Bertz CT molecular complexity index is 1130. The number of aromatic nitrogens is 2. The number of rotatable bonds is 5. The van der Waals surface area contributed by atoms with E-state index in [2.05, 4.69) is 5.32 Å². The predicted molar refractivity (Wildman–Crippen MR) is 118 cm³/mol. The first-order valence-electron chi connectivity index (χ1n) is 10.2. The fraction of sp³-hybridized carbons (Fsp3) is 0.409. The zero-order valence-corrected chi connectivity index (χ0v) is 17.9. The molecular weight excluding hydrogens is 402 g/mol. The van der Waals surface area contributed by atoms with Crippen LogP contribution in [0.25, 0.3) is 15.9 Å². The molecule has 1 N–H and O–H groups in total. The highest BCUT2D eigenvalue weighted by atomic mass is 32.2. The number of amides is 1. The molecule has 7 heteroatoms. The standard InChI is InChI=1S/C22H23N3O2S2/c1-13(19(26)23-14-11-12-14)28-22-24-20-18(16-9-5-6-10-17(16)29-20)21(27)25(22)15-7-3-2-4-8-15/h2-4,7-8,13-14H,5-6,9-12H2,1H3,(H,23,26)/t13-/m1/s1. The van der Waals surface area contributed by atoms with Crippen molar-refractivity contribution < 1.29 is 4.79 Å². The van der Waals surface area contributed by atoms with Crippen LogP contribution in [-0.2, 0) is 17.6 Å². The molecule has 29 heavy (non-hydrogen) atoms. The zero-order chi connectivity index (χ0) is 20.0. The Balaban J connectivity index is 1.63. The minimum atomic E-state index is -0.315. The third-order valence-corrected chi connectivity index (χ3v) is 7.79. The highest BCUT2D eigenvalue weighted by Gasteiger charge is 2.28. The van der Waals surface area contributed by atoms with Crippen LogP contribution in [0.2, 0.25) is 0 Å². The van der Waals surface area contributed by atoms with E-state index < -0.39 is 0 Å². The normalized spacial score (nSPS) is 17.1. The minimum Gasteiger partial charge on any atom is -0.352 e. The molecule has 2 aliphatic rings. The van der Waals surface area contributed by atoms with E-state index in [1.54, 1.807) is 15.9 Å². The number of para-hydroxylation sites is 1. The fourth-order valence-corrected chi connectivity index (χ4v) is 6.07. The Labute approximate surface area is 177 Å². The van der Waals surface area contributed by atoms with Crippen LogP contribution in [0.4, 0.5) is 0 Å². The number of thiophene rings is 1. The van der Waals surface area contributed by atoms with Crippen molar-refractivity contribution in [2.24, 2.45) is 0 Å². The summed E-state index contributed by atoms with van der Waals surface area (Å²) in [6, 6.07) is 9.95. The monoisotopic (exact) mass is 425 g/mol. The number of fused-ring (bicyclic) bond motifs is 3. The molecule has 3 aromatic rings. The summed E-state index contributed by atoms with van der Waals surface area (Å²) < 4.78 is 1.69. The maximum atomic E-state index is 13.6. The van der Waals surface area contributed by atoms with Crippen molar-refractivity contribution in [2.45, 2.75) is 61.9 Å². The first-order chi connectivity index (χ1) is 14.1. The Morgan fingerprint density at radius 2 is 2.00 bits per heavy atom. The number of benzene rings is 1. The summed E-state index contributed by atoms with van der Waals surface area (Å²) >= 11 is 3.01. The average molecular weight is 426 g/mol. The molecule has 1 fully saturated rings. The molecule has 5 rings (SSSR count). The van der Waals surface area contributed by atoms with Gasteiger partial charge in [0.25, 0.3) is 5.56 Å². The third kappa shape index (κ3) is 3.62. The Kier molecular flexibility index (Phi) is 4.95. The smallest absolute Gasteiger partial charge is 0.267 e. The third-order valence-electron chi connectivity index (χ3n) is 5.55. The maximum absolute atomic E-state index is 13.6. The van der Waals surface area contributed by atoms with Gasteiger partial charge in [-0.05, 0) is 63.1 Å². The zero-order valence-electron chi connectivity index (χ0n) is 16.3. The fourth-order valence-electron chi connectivity index (χ4n) is 3.83. The van der Waals surface area contributed by atoms with E-state index >= 15 is 0 Å². The van der Waals surface area contributed by atoms with Crippen LogP contribution >= 0.6 is 23.1 Å². The molecule has 150 valence electrons. The topological polar surface area (TPSA) is 64.0 Å². The molecule has 2 heterocycles. The number of aryl methyl sites for hydroxylation is 2. The van der Waals surface area contributed by atoms with Gasteiger partial charge >= 0.3 is 0 Å². The number of carbonyl (C=O) groups is 1. The molecule has 0 radical (unpaired) electrons. The van der Waals surface area contributed by atoms with E-state index in [0.717, 1.165) is 48.0 Å². The first kappa shape index (κ1) is 18.9. The average Bonchev–Trinajstić information content (AvgIpc) is 3.46. The van der Waals surface area contributed by atoms with E-state index in [4.69, 9.17) is 4.98 Å². The van der Waals surface area contributed by atoms with Gasteiger partial charge in [-0.3, -0.25) is 14.2 Å². The van der Waals surface area contributed by atoms with Crippen LogP contribution in [-0.4, -0.2) is 26.8 Å². The number of hydrogen-bond acceptors (Lipinski definition) is 5. The summed E-state index contributed by atoms with van der Waals surface area (Å²) in [6.45, 7) is 1.88. The van der Waals surface area contributed by atoms with Crippen LogP contribution in [0.5, 0.6) is 0 Å². The molecule has 2 aromatic heterocycles. The lowest BCUT2D eigenvalue weighted by Gasteiger charge is -2.16. The molecular formula is C22H23N3O2S2. The van der Waals surface area contributed by atoms with Crippen molar-refractivity contribution in [3.8, 4) is 5.69 Å². The highest BCUT2D eigenvalue weighted by Crippen LogP contribution is 2.36. The molecule has 0 unspecified atom stereocenters. The molecule has 0 spiro atoms. The molecule has 1 atom stereocenters. The van der Waals surface area contributed by atoms with Crippen molar-refractivity contribution in [1.82, 2.24) is 14.9 Å². The SMILES string of the molecule is C[C@@H](Sc1nc2sc3c(c2c(=O)n1-c1ccccc1)CCCC3)C(=O)NC1CC1. The Hall–Kier alpha value is -2.12. The predicted octanol–water partition coefficient (Wildman–Crippen LogP) is 4.09. The second kappa shape index (κ2) is 7.61. The molecule has 0 bridgehead atoms. The van der Waals surface area contributed by atoms with E-state index in [0.29, 0.717) is 11.2 Å². The van der Waals surface area contributed by atoms with E-state index in [9.17, 15) is 9.59 Å². The summed E-state index contributed by atoms with van der Waals surface area (Å²) in [5.74, 6) is 0.0110. The first-order valence-corrected chi connectivity index (χ1v) is 11.9. The van der Waals surface area contributed by atoms with Crippen molar-refractivity contribution in [3.63, 3.8) is 0 Å². The van der Waals surface area contributed by atoms with Gasteiger partial charge in [-0.2, -0.15) is 0 Å². The summed E-state index contributed by atoms with van der Waals surface area (Å²) in [5, 5.41) is 4.10. The van der Waals surface area contributed by atoms with Crippen LogP contribution in [0, 0.1) is 0 Å². The quantitative estimate of drug-likeness (QED) is 0.494. The molecule has 1 saturated carbocycles. The van der Waals surface area contributed by atoms with Gasteiger partial charge in [0.2, 0.25) is 5.91 Å². The molecule has 1 amide bonds. The van der Waals surface area contributed by atoms with Gasteiger partial charge in [0.05, 0.1) is 16.3 Å². The minimum absolute atomic E-state index is 0.0110. The van der Waals surface area contributed by atoms with Gasteiger partial charge in [-0.25, -0.2) is 4.98 Å². The number of thioether (sulfide) groups is 1. The summed E-state index contributed by atoms with van der Waals surface area (Å²) in [5.41, 5.74) is 1.97. The molecule has 2 aliphatic carbocycles. The van der Waals surface area contributed by atoms with Gasteiger partial charge < -0.3 is 5.32 Å². The van der Waals surface area contributed by atoms with Gasteiger partial charge in [0.15, 0.2) is 5.16 Å². The lowest BCUT2D eigenvalue weighted by atomic mass is 9.97. The Morgan fingerprint density at radius 1 is 1.24 bits per heavy atom. The highest BCUT2D eigenvalue weighted by molar-refractivity contribution is 8.00. The number of carbonyl (C=O) groups excluding carboxylic acids is 1. The van der Waals surface area contributed by atoms with E-state index in [-0.39, 0.29) is 16.7 Å². The van der Waals surface area contributed by atoms with Crippen molar-refractivity contribution in [2.75, 3.05) is 0 Å². The second-order valence-corrected chi connectivity index (χ2v) is 10.2. The molecule has 0 aliphatic heterocycles.